The molecule has 0 saturated carbocycles. The maximum absolute atomic E-state index is 13.7. The highest BCUT2D eigenvalue weighted by Gasteiger charge is 2.40. The largest absolute Gasteiger partial charge is 0.497 e. The van der Waals surface area contributed by atoms with Crippen LogP contribution in [-0.2, 0) is 9.59 Å². The molecule has 0 radical (unpaired) electrons. The molecule has 0 saturated heterocycles. The van der Waals surface area contributed by atoms with Crippen molar-refractivity contribution in [3.8, 4) is 11.5 Å². The lowest BCUT2D eigenvalue weighted by molar-refractivity contribution is -0.120. The fourth-order valence-corrected chi connectivity index (χ4v) is 3.65. The highest BCUT2D eigenvalue weighted by molar-refractivity contribution is 6.46. The van der Waals surface area contributed by atoms with Gasteiger partial charge in [-0.25, -0.2) is 9.29 Å². The smallest absolute Gasteiger partial charge is 0.282 e. The van der Waals surface area contributed by atoms with Gasteiger partial charge >= 0.3 is 0 Å². The van der Waals surface area contributed by atoms with Crippen LogP contribution < -0.4 is 19.7 Å². The van der Waals surface area contributed by atoms with Crippen LogP contribution in [0.3, 0.4) is 0 Å². The summed E-state index contributed by atoms with van der Waals surface area (Å²) in [4.78, 5) is 27.8. The van der Waals surface area contributed by atoms with Gasteiger partial charge in [-0.2, -0.15) is 0 Å². The average Bonchev–Trinajstić information content (AvgIpc) is 3.06. The summed E-state index contributed by atoms with van der Waals surface area (Å²) in [6.45, 7) is 2.42. The minimum absolute atomic E-state index is 0.0924. The molecule has 0 aromatic heterocycles. The summed E-state index contributed by atoms with van der Waals surface area (Å²) in [6, 6.07) is 17.5. The van der Waals surface area contributed by atoms with Crippen molar-refractivity contribution in [3.05, 3.63) is 88.8 Å². The molecule has 33 heavy (non-hydrogen) atoms. The molecule has 6 nitrogen and oxygen atoms in total. The summed E-state index contributed by atoms with van der Waals surface area (Å²) in [5.74, 6) is -0.484. The summed E-state index contributed by atoms with van der Waals surface area (Å²) >= 11 is 5.90. The second kappa shape index (κ2) is 9.34. The highest BCUT2D eigenvalue weighted by Crippen LogP contribution is 2.35. The molecular weight excluding hydrogens is 447 g/mol. The zero-order valence-electron chi connectivity index (χ0n) is 17.9. The molecule has 2 amide bonds. The van der Waals surface area contributed by atoms with Crippen LogP contribution in [0.15, 0.2) is 72.4 Å². The summed E-state index contributed by atoms with van der Waals surface area (Å²) in [6.07, 6.45) is 0. The predicted octanol–water partition coefficient (Wildman–Crippen LogP) is 5.28. The van der Waals surface area contributed by atoms with Crippen molar-refractivity contribution < 1.29 is 23.5 Å². The first-order chi connectivity index (χ1) is 15.9. The van der Waals surface area contributed by atoms with Crippen molar-refractivity contribution >= 4 is 40.4 Å². The Balaban J connectivity index is 1.77. The van der Waals surface area contributed by atoms with Crippen LogP contribution in [0.1, 0.15) is 12.5 Å². The van der Waals surface area contributed by atoms with Gasteiger partial charge in [0.1, 0.15) is 23.0 Å². The van der Waals surface area contributed by atoms with Gasteiger partial charge in [0, 0.05) is 5.69 Å². The monoisotopic (exact) mass is 466 g/mol. The zero-order valence-corrected chi connectivity index (χ0v) is 18.7. The van der Waals surface area contributed by atoms with Gasteiger partial charge in [0.25, 0.3) is 11.8 Å². The zero-order chi connectivity index (χ0) is 23.5. The number of hydrogen-bond donors (Lipinski definition) is 1. The van der Waals surface area contributed by atoms with E-state index in [-0.39, 0.29) is 22.0 Å². The van der Waals surface area contributed by atoms with Crippen molar-refractivity contribution in [1.82, 2.24) is 0 Å². The number of hydrogen-bond acceptors (Lipinski definition) is 5. The molecule has 3 aromatic carbocycles. The molecule has 168 valence electrons. The molecule has 1 heterocycles. The second-order valence-corrected chi connectivity index (χ2v) is 7.51. The van der Waals surface area contributed by atoms with E-state index in [0.29, 0.717) is 29.4 Å². The van der Waals surface area contributed by atoms with E-state index in [1.165, 1.54) is 19.2 Å². The quantitative estimate of drug-likeness (QED) is 0.480. The summed E-state index contributed by atoms with van der Waals surface area (Å²) < 4.78 is 24.3. The van der Waals surface area contributed by atoms with Crippen molar-refractivity contribution in [1.29, 1.82) is 0 Å². The maximum atomic E-state index is 13.7. The fraction of sp³-hybridized carbons (Fsp3) is 0.120. The molecule has 0 atom stereocenters. The highest BCUT2D eigenvalue weighted by atomic mass is 35.5. The standard InChI is InChI=1S/C25H20ClFN2O4/c1-3-33-19-11-6-16(7-12-19)28-23-22(15-4-9-18(32-2)10-5-15)24(30)29(25(23)31)17-8-13-21(27)20(26)14-17/h4-14,28H,3H2,1-2H3. The van der Waals surface area contributed by atoms with Gasteiger partial charge in [-0.1, -0.05) is 23.7 Å². The summed E-state index contributed by atoms with van der Waals surface area (Å²) in [7, 11) is 1.54. The van der Waals surface area contributed by atoms with Crippen molar-refractivity contribution in [2.45, 2.75) is 6.92 Å². The number of nitrogens with one attached hydrogen (secondary N) is 1. The molecular formula is C25H20ClFN2O4. The number of halogens is 2. The van der Waals surface area contributed by atoms with E-state index in [9.17, 15) is 14.0 Å². The molecule has 0 unspecified atom stereocenters. The topological polar surface area (TPSA) is 67.9 Å². The van der Waals surface area contributed by atoms with Crippen LogP contribution in [0.4, 0.5) is 15.8 Å². The number of rotatable bonds is 7. The minimum atomic E-state index is -0.643. The number of anilines is 2. The van der Waals surface area contributed by atoms with E-state index in [1.54, 1.807) is 48.5 Å². The average molecular weight is 467 g/mol. The van der Waals surface area contributed by atoms with Crippen molar-refractivity contribution in [2.75, 3.05) is 23.9 Å². The van der Waals surface area contributed by atoms with Crippen molar-refractivity contribution in [3.63, 3.8) is 0 Å². The Hall–Kier alpha value is -3.84. The van der Waals surface area contributed by atoms with E-state index in [2.05, 4.69) is 5.32 Å². The Labute approximate surface area is 195 Å². The first kappa shape index (κ1) is 22.4. The third kappa shape index (κ3) is 4.40. The fourth-order valence-electron chi connectivity index (χ4n) is 3.48. The van der Waals surface area contributed by atoms with E-state index in [4.69, 9.17) is 21.1 Å². The van der Waals surface area contributed by atoms with Crippen LogP contribution in [-0.4, -0.2) is 25.5 Å². The van der Waals surface area contributed by atoms with Crippen LogP contribution >= 0.6 is 11.6 Å². The number of nitrogens with zero attached hydrogens (tertiary/aromatic N) is 1. The number of amides is 2. The minimum Gasteiger partial charge on any atom is -0.497 e. The molecule has 1 N–H and O–H groups in total. The van der Waals surface area contributed by atoms with Crippen molar-refractivity contribution in [2.24, 2.45) is 0 Å². The Bertz CT molecular complexity index is 1240. The van der Waals surface area contributed by atoms with E-state index in [0.717, 1.165) is 11.0 Å². The molecule has 1 aliphatic rings. The third-order valence-corrected chi connectivity index (χ3v) is 5.35. The molecule has 4 rings (SSSR count). The molecule has 8 heteroatoms. The molecule has 0 bridgehead atoms. The lowest BCUT2D eigenvalue weighted by Gasteiger charge is -2.16. The van der Waals surface area contributed by atoms with Gasteiger partial charge in [-0.3, -0.25) is 9.59 Å². The summed E-state index contributed by atoms with van der Waals surface area (Å²) in [5, 5.41) is 2.88. The first-order valence-electron chi connectivity index (χ1n) is 10.2. The Morgan fingerprint density at radius 2 is 1.61 bits per heavy atom. The summed E-state index contributed by atoms with van der Waals surface area (Å²) in [5.41, 5.74) is 1.57. The van der Waals surface area contributed by atoms with E-state index >= 15 is 0 Å². The molecule has 0 spiro atoms. The normalized spacial score (nSPS) is 13.5. The second-order valence-electron chi connectivity index (χ2n) is 7.11. The first-order valence-corrected chi connectivity index (χ1v) is 10.5. The lowest BCUT2D eigenvalue weighted by atomic mass is 10.0. The Morgan fingerprint density at radius 1 is 0.939 bits per heavy atom. The van der Waals surface area contributed by atoms with E-state index in [1.807, 2.05) is 6.92 Å². The third-order valence-electron chi connectivity index (χ3n) is 5.06. The predicted molar refractivity (Wildman–Crippen MR) is 125 cm³/mol. The number of methoxy groups -OCH3 is 1. The van der Waals surface area contributed by atoms with Gasteiger partial charge in [-0.05, 0) is 67.1 Å². The molecule has 1 aliphatic heterocycles. The number of ether oxygens (including phenoxy) is 2. The Morgan fingerprint density at radius 3 is 2.21 bits per heavy atom. The lowest BCUT2D eigenvalue weighted by Crippen LogP contribution is -2.32. The van der Waals surface area contributed by atoms with Crippen LogP contribution in [0, 0.1) is 5.82 Å². The number of benzene rings is 3. The van der Waals surface area contributed by atoms with Crippen LogP contribution in [0.2, 0.25) is 5.02 Å². The van der Waals surface area contributed by atoms with Crippen LogP contribution in [0.25, 0.3) is 5.57 Å². The van der Waals surface area contributed by atoms with Gasteiger partial charge in [0.15, 0.2) is 0 Å². The van der Waals surface area contributed by atoms with Gasteiger partial charge < -0.3 is 14.8 Å². The molecule has 3 aromatic rings. The van der Waals surface area contributed by atoms with Crippen LogP contribution in [0.5, 0.6) is 11.5 Å². The SMILES string of the molecule is CCOc1ccc(NC2=C(c3ccc(OC)cc3)C(=O)N(c3ccc(F)c(Cl)c3)C2=O)cc1. The number of carbonyl (C=O) groups excluding carboxylic acids is 2. The van der Waals surface area contributed by atoms with Gasteiger partial charge in [0.2, 0.25) is 0 Å². The van der Waals surface area contributed by atoms with E-state index < -0.39 is 17.6 Å². The molecule has 0 fully saturated rings. The van der Waals surface area contributed by atoms with Gasteiger partial charge in [0.05, 0.1) is 30.0 Å². The number of imide groups is 1. The molecule has 0 aliphatic carbocycles. The maximum Gasteiger partial charge on any atom is 0.282 e. The van der Waals surface area contributed by atoms with Gasteiger partial charge in [-0.15, -0.1) is 0 Å². The number of carbonyl (C=O) groups is 2. The Kier molecular flexibility index (Phi) is 6.33.